The van der Waals surface area contributed by atoms with Crippen molar-refractivity contribution >= 4 is 10.9 Å². The van der Waals surface area contributed by atoms with E-state index in [4.69, 9.17) is 4.74 Å². The zero-order valence-corrected chi connectivity index (χ0v) is 10.4. The Kier molecular flexibility index (Phi) is 3.29. The normalized spacial score (nSPS) is 12.7. The molecule has 0 saturated heterocycles. The second kappa shape index (κ2) is 4.72. The molecule has 3 heteroatoms. The fourth-order valence-electron chi connectivity index (χ4n) is 1.90. The Morgan fingerprint density at radius 1 is 1.41 bits per heavy atom. The maximum absolute atomic E-state index is 9.63. The van der Waals surface area contributed by atoms with Gasteiger partial charge in [0.2, 0.25) is 0 Å². The zero-order valence-electron chi connectivity index (χ0n) is 10.4. The van der Waals surface area contributed by atoms with Crippen LogP contribution in [0, 0.1) is 6.92 Å². The summed E-state index contributed by atoms with van der Waals surface area (Å²) in [4.78, 5) is 4.48. The minimum absolute atomic E-state index is 0.562. The summed E-state index contributed by atoms with van der Waals surface area (Å²) in [7, 11) is 0. The molecule has 1 N–H and O–H groups in total. The molecule has 1 aromatic heterocycles. The lowest BCUT2D eigenvalue weighted by Gasteiger charge is -2.11. The summed E-state index contributed by atoms with van der Waals surface area (Å²) < 4.78 is 5.56. The van der Waals surface area contributed by atoms with Crippen molar-refractivity contribution in [1.82, 2.24) is 4.98 Å². The number of ether oxygens (including phenoxy) is 1. The molecule has 90 valence electrons. The van der Waals surface area contributed by atoms with Gasteiger partial charge < -0.3 is 9.84 Å². The van der Waals surface area contributed by atoms with Gasteiger partial charge in [-0.15, -0.1) is 0 Å². The molecule has 0 amide bonds. The van der Waals surface area contributed by atoms with Gasteiger partial charge in [-0.1, -0.05) is 12.1 Å². The molecule has 1 unspecified atom stereocenters. The lowest BCUT2D eigenvalue weighted by molar-refractivity contribution is 0.194. The highest BCUT2D eigenvalue weighted by molar-refractivity contribution is 5.87. The van der Waals surface area contributed by atoms with Crippen LogP contribution < -0.4 is 4.74 Å². The molecule has 0 aliphatic carbocycles. The Morgan fingerprint density at radius 3 is 2.82 bits per heavy atom. The Labute approximate surface area is 101 Å². The van der Waals surface area contributed by atoms with Crippen LogP contribution in [-0.4, -0.2) is 16.7 Å². The number of rotatable bonds is 3. The van der Waals surface area contributed by atoms with E-state index < -0.39 is 6.10 Å². The lowest BCUT2D eigenvalue weighted by Crippen LogP contribution is -2.00. The van der Waals surface area contributed by atoms with E-state index in [9.17, 15) is 5.11 Å². The molecule has 2 rings (SSSR count). The van der Waals surface area contributed by atoms with E-state index in [0.717, 1.165) is 22.2 Å². The zero-order chi connectivity index (χ0) is 12.4. The van der Waals surface area contributed by atoms with Crippen LogP contribution in [0.25, 0.3) is 10.9 Å². The topological polar surface area (TPSA) is 42.4 Å². The quantitative estimate of drug-likeness (QED) is 0.883. The van der Waals surface area contributed by atoms with E-state index in [2.05, 4.69) is 4.98 Å². The molecular formula is C14H17NO2. The number of pyridine rings is 1. The van der Waals surface area contributed by atoms with Crippen LogP contribution in [0.15, 0.2) is 24.3 Å². The number of hydrogen-bond donors (Lipinski definition) is 1. The molecule has 0 aliphatic rings. The number of benzene rings is 1. The third-order valence-electron chi connectivity index (χ3n) is 2.76. The minimum atomic E-state index is -0.562. The number of para-hydroxylation sites is 1. The second-order valence-corrected chi connectivity index (χ2v) is 4.13. The molecule has 1 atom stereocenters. The highest BCUT2D eigenvalue weighted by atomic mass is 16.5. The van der Waals surface area contributed by atoms with Crippen LogP contribution in [0.1, 0.15) is 31.2 Å². The summed E-state index contributed by atoms with van der Waals surface area (Å²) in [6.45, 7) is 6.30. The van der Waals surface area contributed by atoms with Gasteiger partial charge in [-0.2, -0.15) is 0 Å². The van der Waals surface area contributed by atoms with Crippen LogP contribution in [0.2, 0.25) is 0 Å². The van der Waals surface area contributed by atoms with E-state index >= 15 is 0 Å². The highest BCUT2D eigenvalue weighted by Crippen LogP contribution is 2.28. The summed E-state index contributed by atoms with van der Waals surface area (Å²) in [5.74, 6) is 0.774. The van der Waals surface area contributed by atoms with Gasteiger partial charge in [0.1, 0.15) is 11.3 Å². The Hall–Kier alpha value is -1.61. The van der Waals surface area contributed by atoms with Gasteiger partial charge in [-0.05, 0) is 38.5 Å². The first-order valence-corrected chi connectivity index (χ1v) is 5.84. The van der Waals surface area contributed by atoms with E-state index in [1.807, 2.05) is 38.1 Å². The third-order valence-corrected chi connectivity index (χ3v) is 2.76. The summed E-state index contributed by atoms with van der Waals surface area (Å²) in [6, 6.07) is 7.81. The first-order valence-electron chi connectivity index (χ1n) is 5.84. The number of aromatic nitrogens is 1. The van der Waals surface area contributed by atoms with Crippen molar-refractivity contribution in [2.45, 2.75) is 26.9 Å². The van der Waals surface area contributed by atoms with E-state index in [0.29, 0.717) is 12.3 Å². The van der Waals surface area contributed by atoms with Crippen molar-refractivity contribution in [1.29, 1.82) is 0 Å². The summed E-state index contributed by atoms with van der Waals surface area (Å²) in [5.41, 5.74) is 2.61. The summed E-state index contributed by atoms with van der Waals surface area (Å²) >= 11 is 0. The van der Waals surface area contributed by atoms with Crippen molar-refractivity contribution in [2.24, 2.45) is 0 Å². The number of hydrogen-bond acceptors (Lipinski definition) is 3. The monoisotopic (exact) mass is 231 g/mol. The van der Waals surface area contributed by atoms with Gasteiger partial charge in [0.25, 0.3) is 0 Å². The van der Waals surface area contributed by atoms with Crippen molar-refractivity contribution in [3.63, 3.8) is 0 Å². The molecule has 3 nitrogen and oxygen atoms in total. The van der Waals surface area contributed by atoms with Gasteiger partial charge in [-0.3, -0.25) is 0 Å². The Morgan fingerprint density at radius 2 is 2.18 bits per heavy atom. The van der Waals surface area contributed by atoms with Gasteiger partial charge in [0.15, 0.2) is 0 Å². The SMILES string of the molecule is CCOc1cccc2c(C)cc(C(C)O)nc12. The maximum atomic E-state index is 9.63. The maximum Gasteiger partial charge on any atom is 0.145 e. The highest BCUT2D eigenvalue weighted by Gasteiger charge is 2.10. The molecule has 17 heavy (non-hydrogen) atoms. The number of aliphatic hydroxyl groups is 1. The van der Waals surface area contributed by atoms with Crippen molar-refractivity contribution < 1.29 is 9.84 Å². The van der Waals surface area contributed by atoms with Crippen LogP contribution >= 0.6 is 0 Å². The van der Waals surface area contributed by atoms with Crippen LogP contribution in [0.3, 0.4) is 0 Å². The molecule has 0 fully saturated rings. The molecule has 0 saturated carbocycles. The van der Waals surface area contributed by atoms with Gasteiger partial charge in [0.05, 0.1) is 18.4 Å². The molecule has 1 aromatic carbocycles. The number of fused-ring (bicyclic) bond motifs is 1. The van der Waals surface area contributed by atoms with Gasteiger partial charge >= 0.3 is 0 Å². The minimum Gasteiger partial charge on any atom is -0.492 e. The Bertz CT molecular complexity index is 535. The number of nitrogens with zero attached hydrogens (tertiary/aromatic N) is 1. The largest absolute Gasteiger partial charge is 0.492 e. The van der Waals surface area contributed by atoms with Crippen molar-refractivity contribution in [2.75, 3.05) is 6.61 Å². The molecule has 2 aromatic rings. The van der Waals surface area contributed by atoms with Gasteiger partial charge in [0, 0.05) is 5.39 Å². The van der Waals surface area contributed by atoms with Crippen molar-refractivity contribution in [3.05, 3.63) is 35.5 Å². The summed E-state index contributed by atoms with van der Waals surface area (Å²) in [5, 5.41) is 10.7. The second-order valence-electron chi connectivity index (χ2n) is 4.13. The molecule has 0 bridgehead atoms. The van der Waals surface area contributed by atoms with E-state index in [1.54, 1.807) is 6.92 Å². The average molecular weight is 231 g/mol. The van der Waals surface area contributed by atoms with Crippen molar-refractivity contribution in [3.8, 4) is 5.75 Å². The molecule has 0 radical (unpaired) electrons. The standard InChI is InChI=1S/C14H17NO2/c1-4-17-13-7-5-6-11-9(2)8-12(10(3)16)15-14(11)13/h5-8,10,16H,4H2,1-3H3. The molecule has 0 aliphatic heterocycles. The first kappa shape index (κ1) is 11.9. The summed E-state index contributed by atoms with van der Waals surface area (Å²) in [6.07, 6.45) is -0.562. The van der Waals surface area contributed by atoms with Crippen LogP contribution in [-0.2, 0) is 0 Å². The average Bonchev–Trinajstić information content (AvgIpc) is 2.30. The fraction of sp³-hybridized carbons (Fsp3) is 0.357. The first-order chi connectivity index (χ1) is 8.13. The third kappa shape index (κ3) is 2.24. The number of aliphatic hydroxyl groups excluding tert-OH is 1. The predicted molar refractivity (Wildman–Crippen MR) is 68.3 cm³/mol. The Balaban J connectivity index is 2.69. The van der Waals surface area contributed by atoms with E-state index in [1.165, 1.54) is 0 Å². The lowest BCUT2D eigenvalue weighted by atomic mass is 10.1. The van der Waals surface area contributed by atoms with Crippen LogP contribution in [0.4, 0.5) is 0 Å². The molecular weight excluding hydrogens is 214 g/mol. The molecule has 1 heterocycles. The predicted octanol–water partition coefficient (Wildman–Crippen LogP) is 3.00. The van der Waals surface area contributed by atoms with Gasteiger partial charge in [-0.25, -0.2) is 4.98 Å². The number of aryl methyl sites for hydroxylation is 1. The fourth-order valence-corrected chi connectivity index (χ4v) is 1.90. The molecule has 0 spiro atoms. The smallest absolute Gasteiger partial charge is 0.145 e. The van der Waals surface area contributed by atoms with E-state index in [-0.39, 0.29) is 0 Å². The van der Waals surface area contributed by atoms with Crippen LogP contribution in [0.5, 0.6) is 5.75 Å².